The summed E-state index contributed by atoms with van der Waals surface area (Å²) in [6.07, 6.45) is 9.60. The lowest BCUT2D eigenvalue weighted by Gasteiger charge is -2.36. The van der Waals surface area contributed by atoms with Crippen LogP contribution in [0, 0.1) is 0 Å². The molecular weight excluding hydrogens is 506 g/mol. The highest BCUT2D eigenvalue weighted by Gasteiger charge is 2.26. The van der Waals surface area contributed by atoms with E-state index in [0.29, 0.717) is 18.4 Å². The van der Waals surface area contributed by atoms with E-state index in [9.17, 15) is 0 Å². The Hall–Kier alpha value is -3.66. The average molecular weight is 548 g/mol. The Bertz CT molecular complexity index is 1250. The maximum Gasteiger partial charge on any atom is 0.230 e. The van der Waals surface area contributed by atoms with E-state index in [2.05, 4.69) is 45.9 Å². The fraction of sp³-hybridized carbons (Fsp3) is 0.533. The van der Waals surface area contributed by atoms with Gasteiger partial charge >= 0.3 is 0 Å². The lowest BCUT2D eigenvalue weighted by molar-refractivity contribution is -0.0636. The summed E-state index contributed by atoms with van der Waals surface area (Å²) >= 11 is 0. The first-order valence-corrected chi connectivity index (χ1v) is 14.3. The molecule has 5 rings (SSSR count). The predicted octanol–water partition coefficient (Wildman–Crippen LogP) is 5.24. The van der Waals surface area contributed by atoms with Crippen molar-refractivity contribution >= 4 is 23.4 Å². The molecule has 2 saturated heterocycles. The van der Waals surface area contributed by atoms with Gasteiger partial charge in [-0.15, -0.1) is 0 Å². The van der Waals surface area contributed by atoms with E-state index >= 15 is 0 Å². The number of anilines is 4. The van der Waals surface area contributed by atoms with Crippen LogP contribution in [0.25, 0.3) is 0 Å². The number of piperidine rings is 2. The molecule has 2 unspecified atom stereocenters. The standard InChI is InChI=1S/C30H41N7O3/c1-5-38-24-12-6-7-13-25(24)39-22-10-8-17-37(20-22)28-19-31-18-26(33-28)34-29-32-15-14-27(35-29)36-16-9-11-23(21-36)40-30(2,3)4/h6-7,12-15,18-19,22-23H,5,8-11,16-17,20-21H2,1-4H3,(H,32,33,34,35). The summed E-state index contributed by atoms with van der Waals surface area (Å²) in [6.45, 7) is 12.3. The fourth-order valence-electron chi connectivity index (χ4n) is 5.26. The van der Waals surface area contributed by atoms with E-state index in [1.54, 1.807) is 18.6 Å². The van der Waals surface area contributed by atoms with Crippen molar-refractivity contribution in [3.05, 3.63) is 48.9 Å². The van der Waals surface area contributed by atoms with Gasteiger partial charge in [0.25, 0.3) is 0 Å². The fourth-order valence-corrected chi connectivity index (χ4v) is 5.26. The smallest absolute Gasteiger partial charge is 0.230 e. The monoisotopic (exact) mass is 547 g/mol. The zero-order chi connectivity index (χ0) is 28.0. The van der Waals surface area contributed by atoms with Crippen LogP contribution in [0.1, 0.15) is 53.4 Å². The van der Waals surface area contributed by atoms with Gasteiger partial charge in [0.2, 0.25) is 5.95 Å². The molecule has 0 bridgehead atoms. The second-order valence-corrected chi connectivity index (χ2v) is 11.3. The van der Waals surface area contributed by atoms with Gasteiger partial charge in [-0.2, -0.15) is 4.98 Å². The third-order valence-corrected chi connectivity index (χ3v) is 6.87. The summed E-state index contributed by atoms with van der Waals surface area (Å²) in [5.74, 6) is 4.33. The summed E-state index contributed by atoms with van der Waals surface area (Å²) in [7, 11) is 0. The molecule has 0 saturated carbocycles. The first kappa shape index (κ1) is 27.9. The average Bonchev–Trinajstić information content (AvgIpc) is 2.94. The van der Waals surface area contributed by atoms with E-state index in [0.717, 1.165) is 75.0 Å². The van der Waals surface area contributed by atoms with Crippen molar-refractivity contribution in [1.82, 2.24) is 19.9 Å². The first-order valence-electron chi connectivity index (χ1n) is 14.3. The van der Waals surface area contributed by atoms with Gasteiger partial charge in [0.05, 0.1) is 37.3 Å². The molecule has 0 aliphatic carbocycles. The molecule has 1 aromatic carbocycles. The Morgan fingerprint density at radius 1 is 0.900 bits per heavy atom. The number of nitrogens with zero attached hydrogens (tertiary/aromatic N) is 6. The summed E-state index contributed by atoms with van der Waals surface area (Å²) in [5.41, 5.74) is -0.162. The topological polar surface area (TPSA) is 97.8 Å². The molecule has 2 fully saturated rings. The van der Waals surface area contributed by atoms with Gasteiger partial charge in [-0.25, -0.2) is 9.97 Å². The Kier molecular flexibility index (Phi) is 8.84. The summed E-state index contributed by atoms with van der Waals surface area (Å²) in [6, 6.07) is 9.79. The number of benzene rings is 1. The van der Waals surface area contributed by atoms with Crippen molar-refractivity contribution in [1.29, 1.82) is 0 Å². The molecule has 3 aromatic rings. The van der Waals surface area contributed by atoms with Crippen molar-refractivity contribution in [2.45, 2.75) is 71.2 Å². The van der Waals surface area contributed by atoms with Crippen LogP contribution in [-0.4, -0.2) is 70.5 Å². The Morgan fingerprint density at radius 2 is 1.62 bits per heavy atom. The molecule has 0 radical (unpaired) electrons. The van der Waals surface area contributed by atoms with Gasteiger partial charge in [0, 0.05) is 25.8 Å². The minimum absolute atomic E-state index is 0.0319. The van der Waals surface area contributed by atoms with Gasteiger partial charge in [-0.1, -0.05) is 12.1 Å². The molecule has 0 spiro atoms. The number of hydrogen-bond acceptors (Lipinski definition) is 10. The number of hydrogen-bond donors (Lipinski definition) is 1. The quantitative estimate of drug-likeness (QED) is 0.383. The molecule has 10 nitrogen and oxygen atoms in total. The third kappa shape index (κ3) is 7.50. The highest BCUT2D eigenvalue weighted by atomic mass is 16.5. The maximum absolute atomic E-state index is 6.36. The van der Waals surface area contributed by atoms with Gasteiger partial charge in [-0.3, -0.25) is 4.98 Å². The lowest BCUT2D eigenvalue weighted by atomic mass is 10.1. The van der Waals surface area contributed by atoms with Gasteiger partial charge in [0.1, 0.15) is 17.7 Å². The zero-order valence-electron chi connectivity index (χ0n) is 24.0. The van der Waals surface area contributed by atoms with Crippen LogP contribution in [0.5, 0.6) is 11.5 Å². The molecule has 1 N–H and O–H groups in total. The zero-order valence-corrected chi connectivity index (χ0v) is 24.0. The molecular formula is C30H41N7O3. The van der Waals surface area contributed by atoms with E-state index in [1.165, 1.54) is 0 Å². The maximum atomic E-state index is 6.36. The summed E-state index contributed by atoms with van der Waals surface area (Å²) in [4.78, 5) is 23.0. The Morgan fingerprint density at radius 3 is 2.40 bits per heavy atom. The summed E-state index contributed by atoms with van der Waals surface area (Å²) in [5, 5.41) is 3.26. The van der Waals surface area contributed by atoms with Crippen LogP contribution in [0.2, 0.25) is 0 Å². The van der Waals surface area contributed by atoms with Gasteiger partial charge in [0.15, 0.2) is 17.3 Å². The van der Waals surface area contributed by atoms with Crippen molar-refractivity contribution in [2.75, 3.05) is 47.9 Å². The number of ether oxygens (including phenoxy) is 3. The van der Waals surface area contributed by atoms with E-state index in [-0.39, 0.29) is 17.8 Å². The van der Waals surface area contributed by atoms with Crippen molar-refractivity contribution in [3.63, 3.8) is 0 Å². The van der Waals surface area contributed by atoms with Crippen LogP contribution in [-0.2, 0) is 4.74 Å². The highest BCUT2D eigenvalue weighted by molar-refractivity contribution is 5.53. The molecule has 4 heterocycles. The predicted molar refractivity (Wildman–Crippen MR) is 157 cm³/mol. The van der Waals surface area contributed by atoms with E-state index < -0.39 is 0 Å². The SMILES string of the molecule is CCOc1ccccc1OC1CCCN(c2cncc(Nc3nccc(N4CCCC(OC(C)(C)C)C4)n3)n2)C1. The van der Waals surface area contributed by atoms with Crippen LogP contribution in [0.3, 0.4) is 0 Å². The van der Waals surface area contributed by atoms with Crippen LogP contribution < -0.4 is 24.6 Å². The lowest BCUT2D eigenvalue weighted by Crippen LogP contribution is -2.43. The van der Waals surface area contributed by atoms with Crippen molar-refractivity contribution < 1.29 is 14.2 Å². The molecule has 0 amide bonds. The van der Waals surface area contributed by atoms with Crippen LogP contribution >= 0.6 is 0 Å². The second-order valence-electron chi connectivity index (χ2n) is 11.3. The number of rotatable bonds is 9. The Balaban J connectivity index is 1.23. The van der Waals surface area contributed by atoms with Crippen molar-refractivity contribution in [3.8, 4) is 11.5 Å². The molecule has 214 valence electrons. The second kappa shape index (κ2) is 12.7. The third-order valence-electron chi connectivity index (χ3n) is 6.87. The van der Waals surface area contributed by atoms with Gasteiger partial charge < -0.3 is 29.3 Å². The van der Waals surface area contributed by atoms with E-state index in [4.69, 9.17) is 24.2 Å². The number of nitrogens with one attached hydrogen (secondary N) is 1. The Labute approximate surface area is 237 Å². The number of aromatic nitrogens is 4. The summed E-state index contributed by atoms with van der Waals surface area (Å²) < 4.78 is 18.3. The number of para-hydroxylation sites is 2. The molecule has 40 heavy (non-hydrogen) atoms. The van der Waals surface area contributed by atoms with Crippen LogP contribution in [0.15, 0.2) is 48.9 Å². The van der Waals surface area contributed by atoms with Crippen LogP contribution in [0.4, 0.5) is 23.4 Å². The van der Waals surface area contributed by atoms with Crippen molar-refractivity contribution in [2.24, 2.45) is 0 Å². The highest BCUT2D eigenvalue weighted by Crippen LogP contribution is 2.30. The molecule has 2 atom stereocenters. The first-order chi connectivity index (χ1) is 19.4. The molecule has 2 aliphatic rings. The minimum atomic E-state index is -0.162. The van der Waals surface area contributed by atoms with E-state index in [1.807, 2.05) is 37.3 Å². The largest absolute Gasteiger partial charge is 0.490 e. The normalized spacial score (nSPS) is 19.8. The molecule has 2 aromatic heterocycles. The minimum Gasteiger partial charge on any atom is -0.490 e. The van der Waals surface area contributed by atoms with Gasteiger partial charge in [-0.05, 0) is 71.6 Å². The molecule has 10 heteroatoms. The molecule has 2 aliphatic heterocycles.